The molecule has 144 valence electrons. The van der Waals surface area contributed by atoms with Gasteiger partial charge >= 0.3 is 0 Å². The van der Waals surface area contributed by atoms with Crippen molar-refractivity contribution in [2.24, 2.45) is 5.10 Å². The number of rotatable bonds is 6. The van der Waals surface area contributed by atoms with Gasteiger partial charge in [0.1, 0.15) is 17.3 Å². The molecule has 0 fully saturated rings. The molecule has 3 aromatic rings. The van der Waals surface area contributed by atoms with Crippen molar-refractivity contribution in [2.75, 3.05) is 6.61 Å². The van der Waals surface area contributed by atoms with Gasteiger partial charge in [-0.2, -0.15) is 5.10 Å². The predicted octanol–water partition coefficient (Wildman–Crippen LogP) is 5.05. The molecular formula is C22H21ClN2O3. The zero-order valence-electron chi connectivity index (χ0n) is 16.0. The molecule has 0 aliphatic heterocycles. The Hall–Kier alpha value is -3.05. The van der Waals surface area contributed by atoms with Crippen LogP contribution in [-0.4, -0.2) is 18.7 Å². The van der Waals surface area contributed by atoms with Gasteiger partial charge in [0.2, 0.25) is 0 Å². The van der Waals surface area contributed by atoms with Crippen LogP contribution < -0.4 is 10.2 Å². The third-order valence-electron chi connectivity index (χ3n) is 4.22. The van der Waals surface area contributed by atoms with E-state index in [2.05, 4.69) is 10.5 Å². The Balaban J connectivity index is 1.55. The predicted molar refractivity (Wildman–Crippen MR) is 111 cm³/mol. The number of aryl methyl sites for hydroxylation is 3. The Morgan fingerprint density at radius 1 is 1.11 bits per heavy atom. The van der Waals surface area contributed by atoms with Crippen LogP contribution in [0.15, 0.2) is 58.0 Å². The third-order valence-corrected chi connectivity index (χ3v) is 4.63. The number of nitrogens with zero attached hydrogens (tertiary/aromatic N) is 1. The van der Waals surface area contributed by atoms with Gasteiger partial charge in [0.15, 0.2) is 6.61 Å². The average molecular weight is 397 g/mol. The van der Waals surface area contributed by atoms with E-state index in [1.54, 1.807) is 6.07 Å². The van der Waals surface area contributed by atoms with Gasteiger partial charge in [-0.05, 0) is 55.7 Å². The second kappa shape index (κ2) is 8.76. The summed E-state index contributed by atoms with van der Waals surface area (Å²) >= 11 is 6.16. The number of ether oxygens (including phenoxy) is 1. The van der Waals surface area contributed by atoms with Gasteiger partial charge in [-0.25, -0.2) is 5.43 Å². The molecule has 1 heterocycles. The van der Waals surface area contributed by atoms with E-state index >= 15 is 0 Å². The molecule has 0 atom stereocenters. The highest BCUT2D eigenvalue weighted by Gasteiger charge is 2.08. The lowest BCUT2D eigenvalue weighted by atomic mass is 10.1. The van der Waals surface area contributed by atoms with Crippen molar-refractivity contribution in [3.05, 3.63) is 76.0 Å². The number of carbonyl (C=O) groups excluding carboxylic acids is 1. The first-order valence-corrected chi connectivity index (χ1v) is 9.19. The van der Waals surface area contributed by atoms with Gasteiger partial charge < -0.3 is 9.15 Å². The molecule has 5 nitrogen and oxygen atoms in total. The second-order valence-electron chi connectivity index (χ2n) is 6.47. The van der Waals surface area contributed by atoms with Crippen molar-refractivity contribution in [3.63, 3.8) is 0 Å². The van der Waals surface area contributed by atoms with Crippen LogP contribution in [0.4, 0.5) is 0 Å². The first-order chi connectivity index (χ1) is 13.4. The van der Waals surface area contributed by atoms with Gasteiger partial charge in [0.25, 0.3) is 5.91 Å². The van der Waals surface area contributed by atoms with E-state index in [0.717, 1.165) is 22.3 Å². The van der Waals surface area contributed by atoms with Crippen molar-refractivity contribution in [3.8, 4) is 17.1 Å². The molecule has 6 heteroatoms. The zero-order valence-corrected chi connectivity index (χ0v) is 16.7. The summed E-state index contributed by atoms with van der Waals surface area (Å²) in [4.78, 5) is 11.9. The molecule has 0 unspecified atom stereocenters. The fourth-order valence-electron chi connectivity index (χ4n) is 2.69. The Kier molecular flexibility index (Phi) is 6.16. The Bertz CT molecular complexity index is 1000. The summed E-state index contributed by atoms with van der Waals surface area (Å²) < 4.78 is 11.3. The van der Waals surface area contributed by atoms with E-state index in [1.165, 1.54) is 6.21 Å². The van der Waals surface area contributed by atoms with Crippen molar-refractivity contribution < 1.29 is 13.9 Å². The summed E-state index contributed by atoms with van der Waals surface area (Å²) in [7, 11) is 0. The first kappa shape index (κ1) is 19.7. The maximum absolute atomic E-state index is 11.9. The van der Waals surface area contributed by atoms with Gasteiger partial charge in [-0.1, -0.05) is 41.9 Å². The molecule has 28 heavy (non-hydrogen) atoms. The van der Waals surface area contributed by atoms with Crippen LogP contribution in [0.3, 0.4) is 0 Å². The van der Waals surface area contributed by atoms with E-state index in [9.17, 15) is 4.79 Å². The van der Waals surface area contributed by atoms with Crippen LogP contribution in [0.2, 0.25) is 5.02 Å². The lowest BCUT2D eigenvalue weighted by Gasteiger charge is -2.10. The summed E-state index contributed by atoms with van der Waals surface area (Å²) in [5.74, 6) is 1.56. The fraction of sp³-hybridized carbons (Fsp3) is 0.182. The monoisotopic (exact) mass is 396 g/mol. The van der Waals surface area contributed by atoms with E-state index < -0.39 is 0 Å². The molecule has 2 aromatic carbocycles. The first-order valence-electron chi connectivity index (χ1n) is 8.81. The number of hydrogen-bond acceptors (Lipinski definition) is 4. The number of nitrogens with one attached hydrogen (secondary N) is 1. The summed E-state index contributed by atoms with van der Waals surface area (Å²) in [6.45, 7) is 5.70. The highest BCUT2D eigenvalue weighted by atomic mass is 35.5. The molecule has 1 amide bonds. The van der Waals surface area contributed by atoms with Gasteiger partial charge in [-0.15, -0.1) is 0 Å². The van der Waals surface area contributed by atoms with E-state index in [4.69, 9.17) is 20.8 Å². The van der Waals surface area contributed by atoms with Gasteiger partial charge in [0.05, 0.1) is 6.21 Å². The standard InChI is InChI=1S/C22H21ClN2O3/c1-14-7-8-17(11-19(14)23)20-10-9-18(28-20)12-24-25-21(26)13-27-22-15(2)5-4-6-16(22)3/h4-12H,13H2,1-3H3,(H,25,26)/b24-12-. The molecular weight excluding hydrogens is 376 g/mol. The molecule has 0 saturated heterocycles. The molecule has 0 saturated carbocycles. The number of benzene rings is 2. The van der Waals surface area contributed by atoms with Gasteiger partial charge in [0, 0.05) is 10.6 Å². The maximum Gasteiger partial charge on any atom is 0.277 e. The normalized spacial score (nSPS) is 11.0. The highest BCUT2D eigenvalue weighted by molar-refractivity contribution is 6.31. The van der Waals surface area contributed by atoms with Crippen molar-refractivity contribution in [1.29, 1.82) is 0 Å². The number of hydrogen-bond donors (Lipinski definition) is 1. The molecule has 0 radical (unpaired) electrons. The lowest BCUT2D eigenvalue weighted by molar-refractivity contribution is -0.123. The zero-order chi connectivity index (χ0) is 20.1. The minimum absolute atomic E-state index is 0.117. The van der Waals surface area contributed by atoms with Crippen LogP contribution in [0.5, 0.6) is 5.75 Å². The molecule has 0 spiro atoms. The van der Waals surface area contributed by atoms with Gasteiger partial charge in [-0.3, -0.25) is 4.79 Å². The number of para-hydroxylation sites is 1. The maximum atomic E-state index is 11.9. The van der Waals surface area contributed by atoms with Crippen molar-refractivity contribution >= 4 is 23.7 Å². The van der Waals surface area contributed by atoms with E-state index in [0.29, 0.717) is 22.3 Å². The third kappa shape index (κ3) is 4.81. The minimum atomic E-state index is -0.351. The SMILES string of the molecule is Cc1ccc(-c2ccc(/C=N\NC(=O)COc3c(C)cccc3C)o2)cc1Cl. The van der Waals surface area contributed by atoms with Crippen LogP contribution in [0.25, 0.3) is 11.3 Å². The van der Waals surface area contributed by atoms with E-state index in [-0.39, 0.29) is 12.5 Å². The summed E-state index contributed by atoms with van der Waals surface area (Å²) in [6, 6.07) is 15.1. The molecule has 0 aliphatic carbocycles. The van der Waals surface area contributed by atoms with Crippen LogP contribution in [0.1, 0.15) is 22.5 Å². The molecule has 1 aromatic heterocycles. The largest absolute Gasteiger partial charge is 0.483 e. The van der Waals surface area contributed by atoms with Crippen molar-refractivity contribution in [2.45, 2.75) is 20.8 Å². The topological polar surface area (TPSA) is 63.8 Å². The Morgan fingerprint density at radius 3 is 2.57 bits per heavy atom. The molecule has 0 bridgehead atoms. The lowest BCUT2D eigenvalue weighted by Crippen LogP contribution is -2.24. The average Bonchev–Trinajstić information content (AvgIpc) is 3.12. The summed E-state index contributed by atoms with van der Waals surface area (Å²) in [5, 5.41) is 4.59. The summed E-state index contributed by atoms with van der Waals surface area (Å²) in [5.41, 5.74) is 6.27. The van der Waals surface area contributed by atoms with Crippen molar-refractivity contribution in [1.82, 2.24) is 5.43 Å². The van der Waals surface area contributed by atoms with E-state index in [1.807, 2.05) is 63.2 Å². The summed E-state index contributed by atoms with van der Waals surface area (Å²) in [6.07, 6.45) is 1.44. The Morgan fingerprint density at radius 2 is 1.86 bits per heavy atom. The van der Waals surface area contributed by atoms with Crippen LogP contribution in [0, 0.1) is 20.8 Å². The highest BCUT2D eigenvalue weighted by Crippen LogP contribution is 2.26. The molecule has 1 N–H and O–H groups in total. The minimum Gasteiger partial charge on any atom is -0.483 e. The number of furan rings is 1. The quantitative estimate of drug-likeness (QED) is 0.468. The number of carbonyl (C=O) groups is 1. The number of hydrazone groups is 1. The second-order valence-corrected chi connectivity index (χ2v) is 6.88. The number of amides is 1. The molecule has 3 rings (SSSR count). The number of halogens is 1. The van der Waals surface area contributed by atoms with Crippen LogP contribution >= 0.6 is 11.6 Å². The fourth-order valence-corrected chi connectivity index (χ4v) is 2.87. The van der Waals surface area contributed by atoms with Crippen LogP contribution in [-0.2, 0) is 4.79 Å². The smallest absolute Gasteiger partial charge is 0.277 e. The molecule has 0 aliphatic rings. The Labute approximate surface area is 169 Å².